The molecule has 0 aromatic heterocycles. The number of thioether (sulfide) groups is 1. The average molecular weight is 144 g/mol. The summed E-state index contributed by atoms with van der Waals surface area (Å²) in [5.74, 6) is 0. The molecular weight excluding hydrogens is 132 g/mol. The van der Waals surface area contributed by atoms with Gasteiger partial charge in [0.05, 0.1) is 5.37 Å². The van der Waals surface area contributed by atoms with Crippen LogP contribution in [0.15, 0.2) is 11.6 Å². The second-order valence-corrected chi connectivity index (χ2v) is 3.16. The van der Waals surface area contributed by atoms with E-state index in [4.69, 9.17) is 0 Å². The maximum Gasteiger partial charge on any atom is 0.0910 e. The third-order valence-corrected chi connectivity index (χ3v) is 2.59. The molecule has 0 bridgehead atoms. The number of hydrogen-bond donors (Lipinski definition) is 2. The zero-order valence-electron chi connectivity index (χ0n) is 5.72. The van der Waals surface area contributed by atoms with E-state index >= 15 is 0 Å². The second kappa shape index (κ2) is 3.13. The summed E-state index contributed by atoms with van der Waals surface area (Å²) in [6.07, 6.45) is 1.99. The van der Waals surface area contributed by atoms with Crippen molar-refractivity contribution in [1.29, 1.82) is 0 Å². The molecule has 2 N–H and O–H groups in total. The number of rotatable bonds is 2. The highest BCUT2D eigenvalue weighted by Crippen LogP contribution is 2.17. The third-order valence-electron chi connectivity index (χ3n) is 1.46. The Balaban J connectivity index is 2.27. The van der Waals surface area contributed by atoms with Crippen LogP contribution < -0.4 is 10.6 Å². The van der Waals surface area contributed by atoms with Gasteiger partial charge in [0.2, 0.25) is 0 Å². The summed E-state index contributed by atoms with van der Waals surface area (Å²) in [5.41, 5.74) is 0. The molecule has 1 aliphatic heterocycles. The highest BCUT2D eigenvalue weighted by Gasteiger charge is 2.15. The van der Waals surface area contributed by atoms with Crippen LogP contribution in [0.2, 0.25) is 0 Å². The van der Waals surface area contributed by atoms with E-state index < -0.39 is 0 Å². The molecule has 0 amide bonds. The van der Waals surface area contributed by atoms with Crippen molar-refractivity contribution in [1.82, 2.24) is 10.6 Å². The quantitative estimate of drug-likeness (QED) is 0.597. The van der Waals surface area contributed by atoms with E-state index in [1.807, 2.05) is 25.0 Å². The smallest absolute Gasteiger partial charge is 0.0910 e. The monoisotopic (exact) mass is 144 g/mol. The van der Waals surface area contributed by atoms with Crippen LogP contribution in [-0.2, 0) is 0 Å². The molecule has 1 aliphatic rings. The fourth-order valence-electron chi connectivity index (χ4n) is 0.711. The molecule has 2 unspecified atom stereocenters. The fourth-order valence-corrected chi connectivity index (χ4v) is 1.57. The van der Waals surface area contributed by atoms with Gasteiger partial charge in [0.1, 0.15) is 0 Å². The van der Waals surface area contributed by atoms with E-state index in [1.165, 1.54) is 0 Å². The number of nitrogens with one attached hydrogen (secondary N) is 2. The summed E-state index contributed by atoms with van der Waals surface area (Å²) in [6, 6.07) is 0.532. The number of hydrogen-bond acceptors (Lipinski definition) is 3. The van der Waals surface area contributed by atoms with Gasteiger partial charge in [0.15, 0.2) is 0 Å². The van der Waals surface area contributed by atoms with Gasteiger partial charge in [-0.05, 0) is 19.4 Å². The van der Waals surface area contributed by atoms with Crippen LogP contribution in [0.1, 0.15) is 6.92 Å². The van der Waals surface area contributed by atoms with Gasteiger partial charge in [-0.2, -0.15) is 0 Å². The van der Waals surface area contributed by atoms with E-state index in [1.54, 1.807) is 0 Å². The Labute approximate surface area is 60.1 Å². The van der Waals surface area contributed by atoms with Crippen molar-refractivity contribution in [2.75, 3.05) is 7.05 Å². The molecular formula is C6H12N2S. The topological polar surface area (TPSA) is 24.1 Å². The molecule has 0 saturated heterocycles. The lowest BCUT2D eigenvalue weighted by atomic mass is 10.3. The normalized spacial score (nSPS) is 28.0. The minimum Gasteiger partial charge on any atom is -0.377 e. The van der Waals surface area contributed by atoms with Crippen LogP contribution in [-0.4, -0.2) is 18.5 Å². The Bertz CT molecular complexity index is 106. The van der Waals surface area contributed by atoms with Gasteiger partial charge in [0.25, 0.3) is 0 Å². The Hall–Kier alpha value is -0.150. The molecule has 2 atom stereocenters. The molecule has 0 spiro atoms. The first kappa shape index (κ1) is 6.96. The van der Waals surface area contributed by atoms with Crippen molar-refractivity contribution in [3.8, 4) is 0 Å². The van der Waals surface area contributed by atoms with Crippen LogP contribution in [0, 0.1) is 0 Å². The number of likely N-dealkylation sites (N-methyl/N-ethyl adjacent to an activating group) is 1. The zero-order chi connectivity index (χ0) is 6.69. The van der Waals surface area contributed by atoms with Gasteiger partial charge in [0, 0.05) is 12.2 Å². The van der Waals surface area contributed by atoms with Gasteiger partial charge in [-0.25, -0.2) is 0 Å². The lowest BCUT2D eigenvalue weighted by molar-refractivity contribution is 0.557. The molecule has 0 fully saturated rings. The molecule has 0 aliphatic carbocycles. The predicted octanol–water partition coefficient (Wildman–Crippen LogP) is 0.728. The maximum atomic E-state index is 3.23. The van der Waals surface area contributed by atoms with E-state index in [0.29, 0.717) is 11.4 Å². The standard InChI is InChI=1S/C6H12N2S/c1-5(7-2)6-8-3-4-9-6/h3-8H,1-2H3. The van der Waals surface area contributed by atoms with Crippen LogP contribution in [0.3, 0.4) is 0 Å². The summed E-state index contributed by atoms with van der Waals surface area (Å²) < 4.78 is 0. The highest BCUT2D eigenvalue weighted by molar-refractivity contribution is 8.03. The van der Waals surface area contributed by atoms with Crippen molar-refractivity contribution < 1.29 is 0 Å². The van der Waals surface area contributed by atoms with Gasteiger partial charge in [-0.3, -0.25) is 0 Å². The van der Waals surface area contributed by atoms with Crippen molar-refractivity contribution in [3.63, 3.8) is 0 Å². The highest BCUT2D eigenvalue weighted by atomic mass is 32.2. The first-order valence-corrected chi connectivity index (χ1v) is 4.02. The predicted molar refractivity (Wildman–Crippen MR) is 42.2 cm³/mol. The van der Waals surface area contributed by atoms with Crippen LogP contribution in [0.5, 0.6) is 0 Å². The van der Waals surface area contributed by atoms with Crippen molar-refractivity contribution in [3.05, 3.63) is 11.6 Å². The SMILES string of the molecule is CNC(C)C1NC=CS1. The minimum atomic E-state index is 0.523. The van der Waals surface area contributed by atoms with Gasteiger partial charge in [-0.1, -0.05) is 0 Å². The molecule has 0 radical (unpaired) electrons. The summed E-state index contributed by atoms with van der Waals surface area (Å²) in [7, 11) is 1.98. The first-order chi connectivity index (χ1) is 4.34. The van der Waals surface area contributed by atoms with E-state index in [9.17, 15) is 0 Å². The summed E-state index contributed by atoms with van der Waals surface area (Å²) >= 11 is 1.82. The van der Waals surface area contributed by atoms with Crippen molar-refractivity contribution in [2.24, 2.45) is 0 Å². The van der Waals surface area contributed by atoms with Crippen molar-refractivity contribution >= 4 is 11.8 Å². The molecule has 0 aromatic rings. The Morgan fingerprint density at radius 1 is 1.78 bits per heavy atom. The zero-order valence-corrected chi connectivity index (χ0v) is 6.53. The fraction of sp³-hybridized carbons (Fsp3) is 0.667. The maximum absolute atomic E-state index is 3.23. The van der Waals surface area contributed by atoms with Crippen molar-refractivity contribution in [2.45, 2.75) is 18.3 Å². The second-order valence-electron chi connectivity index (χ2n) is 2.10. The van der Waals surface area contributed by atoms with E-state index in [2.05, 4.69) is 23.0 Å². The Morgan fingerprint density at radius 3 is 3.00 bits per heavy atom. The molecule has 0 aromatic carbocycles. The van der Waals surface area contributed by atoms with Crippen LogP contribution in [0.25, 0.3) is 0 Å². The van der Waals surface area contributed by atoms with Gasteiger partial charge >= 0.3 is 0 Å². The molecule has 3 heteroatoms. The largest absolute Gasteiger partial charge is 0.377 e. The van der Waals surface area contributed by atoms with Gasteiger partial charge < -0.3 is 10.6 Å². The lowest BCUT2D eigenvalue weighted by Gasteiger charge is -2.17. The summed E-state index contributed by atoms with van der Waals surface area (Å²) in [6.45, 7) is 2.16. The minimum absolute atomic E-state index is 0.523. The van der Waals surface area contributed by atoms with E-state index in [0.717, 1.165) is 0 Å². The first-order valence-electron chi connectivity index (χ1n) is 3.08. The molecule has 1 heterocycles. The molecule has 9 heavy (non-hydrogen) atoms. The molecule has 52 valence electrons. The third kappa shape index (κ3) is 1.63. The molecule has 1 rings (SSSR count). The summed E-state index contributed by atoms with van der Waals surface area (Å²) in [4.78, 5) is 0. The Kier molecular flexibility index (Phi) is 2.42. The lowest BCUT2D eigenvalue weighted by Crippen LogP contribution is -2.38. The Morgan fingerprint density at radius 2 is 2.56 bits per heavy atom. The summed E-state index contributed by atoms with van der Waals surface area (Å²) in [5, 5.41) is 9.02. The van der Waals surface area contributed by atoms with E-state index in [-0.39, 0.29) is 0 Å². The van der Waals surface area contributed by atoms with Crippen LogP contribution in [0.4, 0.5) is 0 Å². The average Bonchev–Trinajstić information content (AvgIpc) is 2.37. The van der Waals surface area contributed by atoms with Crippen LogP contribution >= 0.6 is 11.8 Å². The molecule has 2 nitrogen and oxygen atoms in total. The molecule has 0 saturated carbocycles. The van der Waals surface area contributed by atoms with Gasteiger partial charge in [-0.15, -0.1) is 11.8 Å².